The molecular formula is C22H27N3O3. The molecule has 1 unspecified atom stereocenters. The minimum Gasteiger partial charge on any atom is -0.349 e. The summed E-state index contributed by atoms with van der Waals surface area (Å²) in [5.74, 6) is 0.0232. The monoisotopic (exact) mass is 381 g/mol. The molecule has 0 bridgehead atoms. The first-order chi connectivity index (χ1) is 13.5. The summed E-state index contributed by atoms with van der Waals surface area (Å²) in [4.78, 5) is 26.1. The van der Waals surface area contributed by atoms with Crippen molar-refractivity contribution >= 4 is 11.6 Å². The van der Waals surface area contributed by atoms with Crippen LogP contribution >= 0.6 is 0 Å². The summed E-state index contributed by atoms with van der Waals surface area (Å²) in [6, 6.07) is 16.0. The fourth-order valence-electron chi connectivity index (χ4n) is 4.35. The predicted molar refractivity (Wildman–Crippen MR) is 109 cm³/mol. The number of carbonyl (C=O) groups is 1. The van der Waals surface area contributed by atoms with Gasteiger partial charge < -0.3 is 10.2 Å². The molecule has 0 saturated heterocycles. The van der Waals surface area contributed by atoms with Crippen molar-refractivity contribution in [1.82, 2.24) is 10.2 Å². The Morgan fingerprint density at radius 3 is 2.39 bits per heavy atom. The van der Waals surface area contributed by atoms with Crippen LogP contribution in [0.25, 0.3) is 0 Å². The number of nitrogens with one attached hydrogen (secondary N) is 1. The Kier molecular flexibility index (Phi) is 6.41. The third kappa shape index (κ3) is 4.39. The van der Waals surface area contributed by atoms with E-state index in [1.165, 1.54) is 0 Å². The van der Waals surface area contributed by atoms with Crippen molar-refractivity contribution in [3.05, 3.63) is 75.8 Å². The second-order valence-corrected chi connectivity index (χ2v) is 7.62. The van der Waals surface area contributed by atoms with Gasteiger partial charge in [-0.25, -0.2) is 0 Å². The number of rotatable bonds is 6. The quantitative estimate of drug-likeness (QED) is 0.601. The van der Waals surface area contributed by atoms with Gasteiger partial charge in [-0.05, 0) is 45.0 Å². The van der Waals surface area contributed by atoms with E-state index in [0.29, 0.717) is 11.1 Å². The number of amides is 1. The summed E-state index contributed by atoms with van der Waals surface area (Å²) in [6.07, 6.45) is 3.92. The van der Waals surface area contributed by atoms with Crippen molar-refractivity contribution in [2.75, 3.05) is 14.1 Å². The molecule has 0 aromatic heterocycles. The number of nitro benzene ring substituents is 1. The summed E-state index contributed by atoms with van der Waals surface area (Å²) < 4.78 is 0. The normalized spacial score (nSPS) is 20.5. The van der Waals surface area contributed by atoms with E-state index >= 15 is 0 Å². The molecule has 1 saturated carbocycles. The summed E-state index contributed by atoms with van der Waals surface area (Å²) in [5.41, 5.74) is 1.49. The maximum Gasteiger partial charge on any atom is 0.274 e. The van der Waals surface area contributed by atoms with Gasteiger partial charge in [0.2, 0.25) is 0 Å². The van der Waals surface area contributed by atoms with Crippen molar-refractivity contribution in [1.29, 1.82) is 0 Å². The molecule has 0 aliphatic heterocycles. The molecule has 0 heterocycles. The molecule has 1 fully saturated rings. The van der Waals surface area contributed by atoms with E-state index in [1.54, 1.807) is 24.3 Å². The van der Waals surface area contributed by atoms with Crippen LogP contribution in [0.2, 0.25) is 0 Å². The topological polar surface area (TPSA) is 75.5 Å². The van der Waals surface area contributed by atoms with Crippen molar-refractivity contribution < 1.29 is 9.72 Å². The third-order valence-corrected chi connectivity index (χ3v) is 5.59. The van der Waals surface area contributed by atoms with Gasteiger partial charge >= 0.3 is 0 Å². The summed E-state index contributed by atoms with van der Waals surface area (Å²) in [5, 5.41) is 14.8. The Labute approximate surface area is 165 Å². The lowest BCUT2D eigenvalue weighted by molar-refractivity contribution is -0.386. The Bertz CT molecular complexity index is 823. The highest BCUT2D eigenvalue weighted by atomic mass is 16.6. The number of nitrogens with zero attached hydrogens (tertiary/aromatic N) is 2. The van der Waals surface area contributed by atoms with Gasteiger partial charge in [-0.15, -0.1) is 0 Å². The summed E-state index contributed by atoms with van der Waals surface area (Å²) in [6.45, 7) is 0. The number of para-hydroxylation sites is 1. The van der Waals surface area contributed by atoms with Gasteiger partial charge in [0.1, 0.15) is 0 Å². The first kappa shape index (κ1) is 20.0. The average Bonchev–Trinajstić information content (AvgIpc) is 2.70. The first-order valence-electron chi connectivity index (χ1n) is 9.74. The Hall–Kier alpha value is -2.73. The number of carbonyl (C=O) groups excluding carboxylic acids is 1. The van der Waals surface area contributed by atoms with Crippen LogP contribution in [0.3, 0.4) is 0 Å². The molecule has 1 aliphatic carbocycles. The van der Waals surface area contributed by atoms with E-state index < -0.39 is 0 Å². The zero-order chi connectivity index (χ0) is 20.1. The van der Waals surface area contributed by atoms with Gasteiger partial charge in [-0.1, -0.05) is 49.2 Å². The largest absolute Gasteiger partial charge is 0.349 e. The molecule has 0 radical (unpaired) electrons. The first-order valence-corrected chi connectivity index (χ1v) is 9.74. The zero-order valence-corrected chi connectivity index (χ0v) is 16.4. The maximum atomic E-state index is 12.7. The van der Waals surface area contributed by atoms with Gasteiger partial charge in [0, 0.05) is 29.3 Å². The van der Waals surface area contributed by atoms with Crippen LogP contribution in [0, 0.1) is 16.0 Å². The SMILES string of the molecule is CN(C)C(c1ccccc1[N+](=O)[O-])[C@@H]1CCCC[C@H]1NC(=O)c1ccccc1. The molecule has 1 N–H and O–H groups in total. The van der Waals surface area contributed by atoms with E-state index in [9.17, 15) is 14.9 Å². The molecule has 3 rings (SSSR count). The highest BCUT2D eigenvalue weighted by Gasteiger charge is 2.37. The zero-order valence-electron chi connectivity index (χ0n) is 16.4. The standard InChI is InChI=1S/C22H27N3O3/c1-24(2)21(18-13-7-9-15-20(18)25(27)28)17-12-6-8-14-19(17)23-22(26)16-10-4-3-5-11-16/h3-5,7,9-11,13,15,17,19,21H,6,8,12,14H2,1-2H3,(H,23,26)/t17-,19-,21?/m1/s1. The molecule has 6 heteroatoms. The highest BCUT2D eigenvalue weighted by molar-refractivity contribution is 5.94. The number of benzene rings is 2. The van der Waals surface area contributed by atoms with Crippen LogP contribution < -0.4 is 5.32 Å². The molecule has 3 atom stereocenters. The van der Waals surface area contributed by atoms with Crippen molar-refractivity contribution in [3.8, 4) is 0 Å². The van der Waals surface area contributed by atoms with Gasteiger partial charge in [-0.2, -0.15) is 0 Å². The van der Waals surface area contributed by atoms with Crippen LogP contribution in [-0.2, 0) is 0 Å². The molecule has 1 amide bonds. The lowest BCUT2D eigenvalue weighted by Gasteiger charge is -2.40. The molecule has 0 spiro atoms. The smallest absolute Gasteiger partial charge is 0.274 e. The fraction of sp³-hybridized carbons (Fsp3) is 0.409. The molecule has 28 heavy (non-hydrogen) atoms. The van der Waals surface area contributed by atoms with Crippen LogP contribution in [0.15, 0.2) is 54.6 Å². The number of hydrogen-bond acceptors (Lipinski definition) is 4. The number of hydrogen-bond donors (Lipinski definition) is 1. The Balaban J connectivity index is 1.90. The van der Waals surface area contributed by atoms with E-state index in [0.717, 1.165) is 25.7 Å². The molecule has 2 aromatic rings. The van der Waals surface area contributed by atoms with Crippen LogP contribution in [0.4, 0.5) is 5.69 Å². The van der Waals surface area contributed by atoms with Crippen LogP contribution in [0.1, 0.15) is 47.6 Å². The van der Waals surface area contributed by atoms with Crippen molar-refractivity contribution in [2.24, 2.45) is 5.92 Å². The molecule has 2 aromatic carbocycles. The molecular weight excluding hydrogens is 354 g/mol. The Morgan fingerprint density at radius 1 is 1.07 bits per heavy atom. The van der Waals surface area contributed by atoms with Gasteiger partial charge in [0.05, 0.1) is 4.92 Å². The lowest BCUT2D eigenvalue weighted by Crippen LogP contribution is -2.47. The Morgan fingerprint density at radius 2 is 1.71 bits per heavy atom. The van der Waals surface area contributed by atoms with Crippen LogP contribution in [-0.4, -0.2) is 35.9 Å². The molecule has 148 valence electrons. The van der Waals surface area contributed by atoms with E-state index in [-0.39, 0.29) is 34.5 Å². The average molecular weight is 381 g/mol. The van der Waals surface area contributed by atoms with Gasteiger partial charge in [0.15, 0.2) is 0 Å². The second kappa shape index (κ2) is 8.97. The predicted octanol–water partition coefficient (Wildman–Crippen LogP) is 4.19. The van der Waals surface area contributed by atoms with E-state index in [2.05, 4.69) is 5.32 Å². The maximum absolute atomic E-state index is 12.7. The van der Waals surface area contributed by atoms with Crippen LogP contribution in [0.5, 0.6) is 0 Å². The fourth-order valence-corrected chi connectivity index (χ4v) is 4.35. The lowest BCUT2D eigenvalue weighted by atomic mass is 9.76. The highest BCUT2D eigenvalue weighted by Crippen LogP contribution is 2.40. The van der Waals surface area contributed by atoms with Crippen molar-refractivity contribution in [3.63, 3.8) is 0 Å². The van der Waals surface area contributed by atoms with E-state index in [4.69, 9.17) is 0 Å². The number of nitro groups is 1. The second-order valence-electron chi connectivity index (χ2n) is 7.62. The summed E-state index contributed by atoms with van der Waals surface area (Å²) >= 11 is 0. The van der Waals surface area contributed by atoms with E-state index in [1.807, 2.05) is 49.3 Å². The molecule has 1 aliphatic rings. The van der Waals surface area contributed by atoms with Crippen molar-refractivity contribution in [2.45, 2.75) is 37.8 Å². The van der Waals surface area contributed by atoms with Gasteiger partial charge in [-0.3, -0.25) is 14.9 Å². The molecule has 6 nitrogen and oxygen atoms in total. The summed E-state index contributed by atoms with van der Waals surface area (Å²) in [7, 11) is 3.90. The third-order valence-electron chi connectivity index (χ3n) is 5.59. The minimum absolute atomic E-state index is 0.0198. The van der Waals surface area contributed by atoms with Gasteiger partial charge in [0.25, 0.3) is 11.6 Å². The minimum atomic E-state index is -0.313.